The smallest absolute Gasteiger partial charge is 0.193 e. The zero-order valence-corrected chi connectivity index (χ0v) is 17.3. The van der Waals surface area contributed by atoms with Gasteiger partial charge >= 0.3 is 0 Å². The lowest BCUT2D eigenvalue weighted by Gasteiger charge is -2.45. The highest BCUT2D eigenvalue weighted by atomic mass is 16.5. The van der Waals surface area contributed by atoms with Gasteiger partial charge in [0.15, 0.2) is 5.96 Å². The van der Waals surface area contributed by atoms with Crippen molar-refractivity contribution in [2.45, 2.75) is 63.8 Å². The van der Waals surface area contributed by atoms with Gasteiger partial charge in [-0.05, 0) is 63.5 Å². The number of likely N-dealkylation sites (tertiary alicyclic amines) is 1. The maximum Gasteiger partial charge on any atom is 0.193 e. The molecule has 1 N–H and O–H groups in total. The summed E-state index contributed by atoms with van der Waals surface area (Å²) in [7, 11) is 4.13. The number of hydrogen-bond donors (Lipinski definition) is 1. The van der Waals surface area contributed by atoms with E-state index in [1.807, 2.05) is 7.05 Å². The first-order chi connectivity index (χ1) is 12.6. The molecule has 1 aliphatic carbocycles. The van der Waals surface area contributed by atoms with Gasteiger partial charge in [0.2, 0.25) is 0 Å². The van der Waals surface area contributed by atoms with Crippen molar-refractivity contribution in [3.05, 3.63) is 0 Å². The summed E-state index contributed by atoms with van der Waals surface area (Å²) in [6.45, 7) is 8.81. The van der Waals surface area contributed by atoms with E-state index in [2.05, 4.69) is 34.1 Å². The van der Waals surface area contributed by atoms with Crippen LogP contribution in [0.3, 0.4) is 0 Å². The van der Waals surface area contributed by atoms with E-state index in [1.54, 1.807) is 0 Å². The zero-order valence-electron chi connectivity index (χ0n) is 17.3. The molecule has 0 atom stereocenters. The van der Waals surface area contributed by atoms with Crippen LogP contribution in [-0.2, 0) is 4.74 Å². The van der Waals surface area contributed by atoms with Gasteiger partial charge in [-0.25, -0.2) is 0 Å². The van der Waals surface area contributed by atoms with E-state index in [-0.39, 0.29) is 5.54 Å². The summed E-state index contributed by atoms with van der Waals surface area (Å²) < 4.78 is 5.68. The van der Waals surface area contributed by atoms with Crippen molar-refractivity contribution in [2.24, 2.45) is 16.8 Å². The second-order valence-corrected chi connectivity index (χ2v) is 8.94. The minimum Gasteiger partial charge on any atom is -0.381 e. The molecule has 150 valence electrons. The Morgan fingerprint density at radius 3 is 2.42 bits per heavy atom. The lowest BCUT2D eigenvalue weighted by atomic mass is 9.83. The van der Waals surface area contributed by atoms with Crippen molar-refractivity contribution in [2.75, 3.05) is 53.5 Å². The Hall–Kier alpha value is -0.810. The molecule has 0 spiro atoms. The predicted molar refractivity (Wildman–Crippen MR) is 109 cm³/mol. The number of ether oxygens (including phenoxy) is 1. The normalized spacial score (nSPS) is 30.3. The van der Waals surface area contributed by atoms with Crippen LogP contribution in [-0.4, -0.2) is 74.8 Å². The molecule has 0 bridgehead atoms. The first-order valence-electron chi connectivity index (χ1n) is 10.9. The topological polar surface area (TPSA) is 40.1 Å². The fraction of sp³-hybridized carbons (Fsp3) is 0.952. The van der Waals surface area contributed by atoms with Crippen LogP contribution < -0.4 is 5.32 Å². The van der Waals surface area contributed by atoms with Crippen LogP contribution in [0.5, 0.6) is 0 Å². The third-order valence-electron chi connectivity index (χ3n) is 7.02. The largest absolute Gasteiger partial charge is 0.381 e. The number of nitrogens with zero attached hydrogens (tertiary/aromatic N) is 3. The number of nitrogens with one attached hydrogen (secondary N) is 1. The van der Waals surface area contributed by atoms with Gasteiger partial charge in [0.05, 0.1) is 0 Å². The second-order valence-electron chi connectivity index (χ2n) is 8.94. The van der Waals surface area contributed by atoms with Gasteiger partial charge in [0.1, 0.15) is 0 Å². The predicted octanol–water partition coefficient (Wildman–Crippen LogP) is 2.96. The van der Waals surface area contributed by atoms with Crippen LogP contribution in [0, 0.1) is 11.8 Å². The standard InChI is InChI=1S/C21H40N4O/c1-18-6-8-19(9-7-18)16-24(3)20(22-2)23-17-21(10-14-26-15-11-21)25-12-4-5-13-25/h18-19H,4-17H2,1-3H3,(H,22,23). The van der Waals surface area contributed by atoms with Crippen molar-refractivity contribution in [3.8, 4) is 0 Å². The first-order valence-corrected chi connectivity index (χ1v) is 10.9. The third kappa shape index (κ3) is 4.92. The van der Waals surface area contributed by atoms with Gasteiger partial charge in [-0.1, -0.05) is 19.8 Å². The molecule has 0 aromatic rings. The zero-order chi connectivity index (χ0) is 18.4. The molecule has 2 aliphatic heterocycles. The van der Waals surface area contributed by atoms with Gasteiger partial charge < -0.3 is 15.0 Å². The molecule has 3 fully saturated rings. The Bertz CT molecular complexity index is 447. The lowest BCUT2D eigenvalue weighted by molar-refractivity contribution is -0.0166. The van der Waals surface area contributed by atoms with Crippen molar-refractivity contribution in [1.82, 2.24) is 15.1 Å². The molecule has 1 saturated carbocycles. The van der Waals surface area contributed by atoms with Crippen LogP contribution in [0.2, 0.25) is 0 Å². The summed E-state index contributed by atoms with van der Waals surface area (Å²) in [6.07, 6.45) is 10.5. The molecule has 0 amide bonds. The van der Waals surface area contributed by atoms with E-state index in [9.17, 15) is 0 Å². The molecule has 0 aromatic heterocycles. The van der Waals surface area contributed by atoms with Gasteiger partial charge in [0.25, 0.3) is 0 Å². The summed E-state index contributed by atoms with van der Waals surface area (Å²) in [6, 6.07) is 0. The molecule has 5 nitrogen and oxygen atoms in total. The number of aliphatic imine (C=N–C) groups is 1. The highest BCUT2D eigenvalue weighted by Crippen LogP contribution is 2.31. The highest BCUT2D eigenvalue weighted by molar-refractivity contribution is 5.79. The molecular formula is C21H40N4O. The fourth-order valence-corrected chi connectivity index (χ4v) is 5.16. The highest BCUT2D eigenvalue weighted by Gasteiger charge is 2.39. The van der Waals surface area contributed by atoms with Crippen LogP contribution in [0.1, 0.15) is 58.3 Å². The number of hydrogen-bond acceptors (Lipinski definition) is 3. The Kier molecular flexibility index (Phi) is 7.21. The van der Waals surface area contributed by atoms with E-state index in [4.69, 9.17) is 4.74 Å². The summed E-state index contributed by atoms with van der Waals surface area (Å²) in [5, 5.41) is 3.73. The van der Waals surface area contributed by atoms with E-state index < -0.39 is 0 Å². The molecule has 3 rings (SSSR count). The quantitative estimate of drug-likeness (QED) is 0.601. The maximum atomic E-state index is 5.68. The van der Waals surface area contributed by atoms with Crippen molar-refractivity contribution >= 4 is 5.96 Å². The van der Waals surface area contributed by atoms with Crippen LogP contribution >= 0.6 is 0 Å². The molecule has 2 heterocycles. The Morgan fingerprint density at radius 1 is 1.15 bits per heavy atom. The van der Waals surface area contributed by atoms with Crippen molar-refractivity contribution in [1.29, 1.82) is 0 Å². The Labute approximate surface area is 160 Å². The fourth-order valence-electron chi connectivity index (χ4n) is 5.16. The summed E-state index contributed by atoms with van der Waals surface area (Å²) >= 11 is 0. The minimum atomic E-state index is 0.256. The van der Waals surface area contributed by atoms with Gasteiger partial charge in [-0.15, -0.1) is 0 Å². The van der Waals surface area contributed by atoms with Crippen LogP contribution in [0.25, 0.3) is 0 Å². The number of guanidine groups is 1. The number of rotatable bonds is 5. The molecule has 26 heavy (non-hydrogen) atoms. The molecule has 2 saturated heterocycles. The summed E-state index contributed by atoms with van der Waals surface area (Å²) in [5.41, 5.74) is 0.256. The second kappa shape index (κ2) is 9.41. The van der Waals surface area contributed by atoms with Crippen molar-refractivity contribution < 1.29 is 4.74 Å². The van der Waals surface area contributed by atoms with E-state index in [0.717, 1.165) is 56.9 Å². The van der Waals surface area contributed by atoms with Gasteiger partial charge in [0, 0.05) is 45.9 Å². The van der Waals surface area contributed by atoms with Gasteiger partial charge in [-0.3, -0.25) is 9.89 Å². The maximum absolute atomic E-state index is 5.68. The lowest BCUT2D eigenvalue weighted by Crippen LogP contribution is -2.58. The average Bonchev–Trinajstić information content (AvgIpc) is 3.20. The molecule has 3 aliphatic rings. The average molecular weight is 365 g/mol. The molecule has 0 aromatic carbocycles. The molecule has 0 unspecified atom stereocenters. The van der Waals surface area contributed by atoms with E-state index in [1.165, 1.54) is 51.6 Å². The molecular weight excluding hydrogens is 324 g/mol. The summed E-state index contributed by atoms with van der Waals surface area (Å²) in [4.78, 5) is 9.67. The van der Waals surface area contributed by atoms with Crippen molar-refractivity contribution in [3.63, 3.8) is 0 Å². The molecule has 5 heteroatoms. The SMILES string of the molecule is CN=C(NCC1(N2CCCC2)CCOCC1)N(C)CC1CCC(C)CC1. The van der Waals surface area contributed by atoms with E-state index >= 15 is 0 Å². The van der Waals surface area contributed by atoms with E-state index in [0.29, 0.717) is 0 Å². The van der Waals surface area contributed by atoms with Crippen LogP contribution in [0.15, 0.2) is 4.99 Å². The molecule has 0 radical (unpaired) electrons. The Morgan fingerprint density at radius 2 is 1.81 bits per heavy atom. The minimum absolute atomic E-state index is 0.256. The first kappa shape index (κ1) is 19.9. The van der Waals surface area contributed by atoms with Crippen LogP contribution in [0.4, 0.5) is 0 Å². The Balaban J connectivity index is 1.54. The summed E-state index contributed by atoms with van der Waals surface area (Å²) in [5.74, 6) is 2.81. The monoisotopic (exact) mass is 364 g/mol. The van der Waals surface area contributed by atoms with Gasteiger partial charge in [-0.2, -0.15) is 0 Å². The third-order valence-corrected chi connectivity index (χ3v) is 7.02.